The molecule has 0 radical (unpaired) electrons. The van der Waals surface area contributed by atoms with Gasteiger partial charge in [-0.25, -0.2) is 0 Å². The van der Waals surface area contributed by atoms with Gasteiger partial charge < -0.3 is 10.8 Å². The number of phenols is 1. The minimum atomic E-state index is -0.709. The Morgan fingerprint density at radius 2 is 1.87 bits per heavy atom. The number of nitrogen functional groups attached to an aromatic ring is 1. The first-order valence-electron chi connectivity index (χ1n) is 6.56. The summed E-state index contributed by atoms with van der Waals surface area (Å²) in [4.78, 5) is 47.5. The van der Waals surface area contributed by atoms with E-state index in [1.807, 2.05) is 0 Å². The number of nitrogens with zero attached hydrogens (tertiary/aromatic N) is 1. The van der Waals surface area contributed by atoms with Crippen molar-refractivity contribution in [1.82, 2.24) is 9.88 Å². The van der Waals surface area contributed by atoms with Gasteiger partial charge in [0.05, 0.1) is 16.8 Å². The topological polar surface area (TPSA) is 131 Å². The van der Waals surface area contributed by atoms with Gasteiger partial charge in [0, 0.05) is 11.6 Å². The van der Waals surface area contributed by atoms with Gasteiger partial charge in [0.15, 0.2) is 5.78 Å². The summed E-state index contributed by atoms with van der Waals surface area (Å²) in [5, 5.41) is 11.6. The lowest BCUT2D eigenvalue weighted by Crippen LogP contribution is -2.25. The van der Waals surface area contributed by atoms with E-state index in [4.69, 9.17) is 5.73 Å². The van der Waals surface area contributed by atoms with Crippen molar-refractivity contribution in [3.8, 4) is 11.4 Å². The van der Waals surface area contributed by atoms with Gasteiger partial charge in [-0.2, -0.15) is 0 Å². The van der Waals surface area contributed by atoms with E-state index in [0.29, 0.717) is 0 Å². The van der Waals surface area contributed by atoms with E-state index in [-0.39, 0.29) is 33.9 Å². The molecule has 0 fully saturated rings. The van der Waals surface area contributed by atoms with E-state index in [1.54, 1.807) is 0 Å². The maximum atomic E-state index is 12.3. The van der Waals surface area contributed by atoms with E-state index < -0.39 is 23.2 Å². The van der Waals surface area contributed by atoms with Crippen LogP contribution in [0.4, 0.5) is 5.82 Å². The van der Waals surface area contributed by atoms with E-state index in [9.17, 15) is 24.3 Å². The highest BCUT2D eigenvalue weighted by Gasteiger charge is 2.32. The third kappa shape index (κ3) is 2.08. The Balaban J connectivity index is 2.38. The molecule has 0 saturated heterocycles. The average Bonchev–Trinajstić information content (AvgIpc) is 2.74. The Morgan fingerprint density at radius 1 is 1.17 bits per heavy atom. The van der Waals surface area contributed by atoms with Crippen LogP contribution in [0.3, 0.4) is 0 Å². The van der Waals surface area contributed by atoms with E-state index in [0.717, 1.165) is 10.6 Å². The molecule has 1 aromatic carbocycles. The molecular formula is C15H11N3O5. The van der Waals surface area contributed by atoms with Gasteiger partial charge >= 0.3 is 0 Å². The summed E-state index contributed by atoms with van der Waals surface area (Å²) >= 11 is 0. The monoisotopic (exact) mass is 313 g/mol. The van der Waals surface area contributed by atoms with Crippen molar-refractivity contribution in [3.63, 3.8) is 0 Å². The van der Waals surface area contributed by atoms with E-state index >= 15 is 0 Å². The van der Waals surface area contributed by atoms with Gasteiger partial charge in [0.1, 0.15) is 11.6 Å². The molecule has 2 aromatic rings. The van der Waals surface area contributed by atoms with Crippen LogP contribution in [0.1, 0.15) is 38.0 Å². The lowest BCUT2D eigenvalue weighted by Gasteiger charge is -2.14. The molecule has 1 aliphatic heterocycles. The average molecular weight is 313 g/mol. The molecule has 8 nitrogen and oxygen atoms in total. The molecule has 2 heterocycles. The highest BCUT2D eigenvalue weighted by Crippen LogP contribution is 2.26. The number of phenolic OH excluding ortho intramolecular Hbond substituents is 1. The number of hydrogen-bond donors (Lipinski definition) is 3. The molecule has 4 N–H and O–H groups in total. The molecule has 2 amide bonds. The summed E-state index contributed by atoms with van der Waals surface area (Å²) in [6, 6.07) is 4.81. The third-order valence-corrected chi connectivity index (χ3v) is 3.55. The highest BCUT2D eigenvalue weighted by molar-refractivity contribution is 6.23. The van der Waals surface area contributed by atoms with Gasteiger partial charge in [-0.1, -0.05) is 0 Å². The zero-order valence-electron chi connectivity index (χ0n) is 11.9. The number of benzene rings is 1. The molecule has 0 unspecified atom stereocenters. The predicted molar refractivity (Wildman–Crippen MR) is 79.9 cm³/mol. The Morgan fingerprint density at radius 3 is 2.52 bits per heavy atom. The molecule has 1 aromatic heterocycles. The van der Waals surface area contributed by atoms with Crippen LogP contribution in [0, 0.1) is 0 Å². The quantitative estimate of drug-likeness (QED) is 0.536. The zero-order chi connectivity index (χ0) is 16.9. The Labute approximate surface area is 129 Å². The number of pyridine rings is 1. The number of nitrogens with two attached hydrogens (primary N) is 1. The lowest BCUT2D eigenvalue weighted by molar-refractivity contribution is 0.0879. The number of aromatic nitrogens is 1. The summed E-state index contributed by atoms with van der Waals surface area (Å²) in [5.74, 6) is -2.20. The number of ketones is 1. The Bertz CT molecular complexity index is 958. The molecule has 0 aliphatic carbocycles. The standard InChI is InChI=1S/C15H11N3O5/c1-6(19)8-4-7(20)2-3-10(8)18-11(21)5-9-12(13(18)16)15(23)17-14(9)22/h2-5,20H,16H2,1H3,(H,17,22,23). The number of imide groups is 1. The largest absolute Gasteiger partial charge is 0.508 e. The van der Waals surface area contributed by atoms with Crippen LogP contribution >= 0.6 is 0 Å². The lowest BCUT2D eigenvalue weighted by atomic mass is 10.1. The van der Waals surface area contributed by atoms with Crippen molar-refractivity contribution >= 4 is 23.4 Å². The number of amides is 2. The second-order valence-electron chi connectivity index (χ2n) is 5.03. The van der Waals surface area contributed by atoms with Crippen molar-refractivity contribution in [2.24, 2.45) is 0 Å². The van der Waals surface area contributed by atoms with Crippen LogP contribution in [0.15, 0.2) is 29.1 Å². The summed E-state index contributed by atoms with van der Waals surface area (Å²) in [7, 11) is 0. The first-order chi connectivity index (χ1) is 10.8. The Hall–Kier alpha value is -3.42. The van der Waals surface area contributed by atoms with Crippen molar-refractivity contribution in [2.75, 3.05) is 5.73 Å². The molecule has 0 saturated carbocycles. The normalized spacial score (nSPS) is 12.9. The van der Waals surface area contributed by atoms with Gasteiger partial charge in [-0.05, 0) is 25.1 Å². The fourth-order valence-corrected chi connectivity index (χ4v) is 2.53. The molecular weight excluding hydrogens is 302 g/mol. The van der Waals surface area contributed by atoms with Crippen LogP contribution in [0.2, 0.25) is 0 Å². The molecule has 3 rings (SSSR count). The molecule has 23 heavy (non-hydrogen) atoms. The number of aromatic hydroxyl groups is 1. The second-order valence-corrected chi connectivity index (χ2v) is 5.03. The van der Waals surface area contributed by atoms with Gasteiger partial charge in [-0.15, -0.1) is 0 Å². The minimum Gasteiger partial charge on any atom is -0.508 e. The number of carbonyl (C=O) groups excluding carboxylic acids is 3. The van der Waals surface area contributed by atoms with Crippen LogP contribution in [0.25, 0.3) is 5.69 Å². The van der Waals surface area contributed by atoms with Gasteiger partial charge in [-0.3, -0.25) is 29.1 Å². The first kappa shape index (κ1) is 14.5. The molecule has 116 valence electrons. The highest BCUT2D eigenvalue weighted by atomic mass is 16.3. The molecule has 0 spiro atoms. The van der Waals surface area contributed by atoms with Crippen molar-refractivity contribution in [3.05, 3.63) is 51.3 Å². The fourth-order valence-electron chi connectivity index (χ4n) is 2.53. The molecule has 0 bridgehead atoms. The van der Waals surface area contributed by atoms with Crippen molar-refractivity contribution < 1.29 is 19.5 Å². The number of anilines is 1. The number of Topliss-reactive ketones (excluding diaryl/α,β-unsaturated/α-hetero) is 1. The summed E-state index contributed by atoms with van der Waals surface area (Å²) in [6.45, 7) is 1.27. The van der Waals surface area contributed by atoms with Crippen molar-refractivity contribution in [2.45, 2.75) is 6.92 Å². The second kappa shape index (κ2) is 4.80. The number of hydrogen-bond acceptors (Lipinski definition) is 6. The third-order valence-electron chi connectivity index (χ3n) is 3.55. The van der Waals surface area contributed by atoms with Gasteiger partial charge in [0.2, 0.25) is 0 Å². The number of rotatable bonds is 2. The van der Waals surface area contributed by atoms with Crippen LogP contribution in [-0.4, -0.2) is 27.3 Å². The number of carbonyl (C=O) groups is 3. The minimum absolute atomic E-state index is 0.0588. The van der Waals surface area contributed by atoms with Crippen molar-refractivity contribution in [1.29, 1.82) is 0 Å². The van der Waals surface area contributed by atoms with Gasteiger partial charge in [0.25, 0.3) is 17.4 Å². The predicted octanol–water partition coefficient (Wildman–Crippen LogP) is 0.211. The zero-order valence-corrected chi connectivity index (χ0v) is 11.9. The van der Waals surface area contributed by atoms with Crippen LogP contribution in [0.5, 0.6) is 5.75 Å². The summed E-state index contributed by atoms with van der Waals surface area (Å²) in [6.07, 6.45) is 0. The van der Waals surface area contributed by atoms with Crippen LogP contribution < -0.4 is 16.6 Å². The maximum absolute atomic E-state index is 12.3. The first-order valence-corrected chi connectivity index (χ1v) is 6.56. The molecule has 8 heteroatoms. The van der Waals surface area contributed by atoms with E-state index in [1.165, 1.54) is 25.1 Å². The van der Waals surface area contributed by atoms with Crippen LogP contribution in [-0.2, 0) is 0 Å². The molecule has 1 aliphatic rings. The smallest absolute Gasteiger partial charge is 0.262 e. The number of fused-ring (bicyclic) bond motifs is 1. The molecule has 0 atom stereocenters. The maximum Gasteiger partial charge on any atom is 0.262 e. The summed E-state index contributed by atoms with van der Waals surface area (Å²) in [5.41, 5.74) is 5.20. The Kier molecular flexibility index (Phi) is 3.03. The SMILES string of the molecule is CC(=O)c1cc(O)ccc1-n1c(N)c2c(cc1=O)C(=O)NC2=O. The summed E-state index contributed by atoms with van der Waals surface area (Å²) < 4.78 is 0.965. The fraction of sp³-hybridized carbons (Fsp3) is 0.0667. The number of nitrogens with one attached hydrogen (secondary N) is 1. The van der Waals surface area contributed by atoms with E-state index in [2.05, 4.69) is 5.32 Å².